The molecule has 0 aliphatic heterocycles. The van der Waals surface area contributed by atoms with Gasteiger partial charge in [0.2, 0.25) is 0 Å². The maximum absolute atomic E-state index is 12.7. The van der Waals surface area contributed by atoms with Gasteiger partial charge in [-0.2, -0.15) is 0 Å². The minimum absolute atomic E-state index is 0.126. The van der Waals surface area contributed by atoms with Crippen LogP contribution >= 0.6 is 0 Å². The maximum Gasteiger partial charge on any atom is 0.306 e. The molecule has 0 aromatic heterocycles. The number of hydrogen-bond donors (Lipinski definition) is 0. The predicted octanol–water partition coefficient (Wildman–Crippen LogP) is 14.8. The van der Waals surface area contributed by atoms with Crippen LogP contribution in [0.3, 0.4) is 0 Å². The van der Waals surface area contributed by atoms with Crippen molar-refractivity contribution in [3.63, 3.8) is 0 Å². The Balaban J connectivity index is 4.58. The second-order valence-corrected chi connectivity index (χ2v) is 14.6. The zero-order chi connectivity index (χ0) is 42.3. The van der Waals surface area contributed by atoms with Gasteiger partial charge in [0, 0.05) is 19.3 Å². The first-order valence-corrected chi connectivity index (χ1v) is 22.9. The average molecular weight is 803 g/mol. The number of rotatable bonds is 39. The fraction of sp³-hybridized carbons (Fsp3) is 0.596. The molecule has 0 aliphatic rings. The average Bonchev–Trinajstić information content (AvgIpc) is 3.22. The van der Waals surface area contributed by atoms with Gasteiger partial charge in [-0.3, -0.25) is 14.4 Å². The summed E-state index contributed by atoms with van der Waals surface area (Å²) >= 11 is 0. The van der Waals surface area contributed by atoms with Crippen LogP contribution in [0.15, 0.2) is 109 Å². The summed E-state index contributed by atoms with van der Waals surface area (Å²) in [4.78, 5) is 37.7. The summed E-state index contributed by atoms with van der Waals surface area (Å²) in [6.07, 6.45) is 60.8. The number of esters is 3. The molecule has 0 bridgehead atoms. The molecule has 0 saturated heterocycles. The number of unbranched alkanes of at least 4 members (excludes halogenated alkanes) is 13. The minimum Gasteiger partial charge on any atom is -0.462 e. The highest BCUT2D eigenvalue weighted by atomic mass is 16.6. The molecule has 1 unspecified atom stereocenters. The molecular formula is C52H82O6. The molecule has 1 atom stereocenters. The molecule has 0 rings (SSSR count). The first kappa shape index (κ1) is 54.1. The Morgan fingerprint density at radius 1 is 0.379 bits per heavy atom. The van der Waals surface area contributed by atoms with Crippen molar-refractivity contribution in [2.45, 2.75) is 187 Å². The summed E-state index contributed by atoms with van der Waals surface area (Å²) in [5.74, 6) is -1.07. The standard InChI is InChI=1S/C52H82O6/c1-4-7-10-13-16-19-22-25-28-30-33-36-39-42-45-51(54)57-48-49(58-52(55)46-43-40-37-34-31-27-24-21-18-15-12-9-6-3)47-56-50(53)44-41-38-35-32-29-26-23-20-17-14-11-8-5-2/h7,9-10,12,15-16,18-19,21,24-29,31,35,38,49H,4-6,8,11,13-14,17,20,22-23,30,32-34,36-37,39-48H2,1-3H3/b10-7-,12-9-,18-15-,19-16-,24-21-,28-25-,29-26-,31-27-,38-35-. The van der Waals surface area contributed by atoms with Gasteiger partial charge >= 0.3 is 17.9 Å². The van der Waals surface area contributed by atoms with E-state index < -0.39 is 6.10 Å². The molecule has 0 fully saturated rings. The van der Waals surface area contributed by atoms with Crippen molar-refractivity contribution >= 4 is 17.9 Å². The van der Waals surface area contributed by atoms with E-state index in [2.05, 4.69) is 87.6 Å². The molecule has 326 valence electrons. The molecule has 0 aromatic rings. The lowest BCUT2D eigenvalue weighted by Crippen LogP contribution is -2.30. The molecule has 0 N–H and O–H groups in total. The minimum atomic E-state index is -0.830. The second-order valence-electron chi connectivity index (χ2n) is 14.6. The second kappa shape index (κ2) is 45.8. The summed E-state index contributed by atoms with van der Waals surface area (Å²) in [5, 5.41) is 0. The van der Waals surface area contributed by atoms with Crippen molar-refractivity contribution < 1.29 is 28.6 Å². The van der Waals surface area contributed by atoms with E-state index in [1.807, 2.05) is 42.5 Å². The largest absolute Gasteiger partial charge is 0.462 e. The van der Waals surface area contributed by atoms with Crippen molar-refractivity contribution in [1.29, 1.82) is 0 Å². The third-order valence-corrected chi connectivity index (χ3v) is 9.10. The molecule has 6 nitrogen and oxygen atoms in total. The summed E-state index contributed by atoms with van der Waals surface area (Å²) < 4.78 is 16.6. The van der Waals surface area contributed by atoms with Gasteiger partial charge < -0.3 is 14.2 Å². The fourth-order valence-corrected chi connectivity index (χ4v) is 5.69. The molecular weight excluding hydrogens is 721 g/mol. The highest BCUT2D eigenvalue weighted by molar-refractivity contribution is 5.71. The van der Waals surface area contributed by atoms with E-state index in [0.29, 0.717) is 19.3 Å². The van der Waals surface area contributed by atoms with Gasteiger partial charge in [0.15, 0.2) is 6.10 Å². The third-order valence-electron chi connectivity index (χ3n) is 9.10. The van der Waals surface area contributed by atoms with Gasteiger partial charge in [-0.1, -0.05) is 182 Å². The van der Waals surface area contributed by atoms with Gasteiger partial charge in [0.25, 0.3) is 0 Å². The van der Waals surface area contributed by atoms with E-state index in [0.717, 1.165) is 89.9 Å². The Morgan fingerprint density at radius 3 is 1.38 bits per heavy atom. The lowest BCUT2D eigenvalue weighted by molar-refractivity contribution is -0.166. The highest BCUT2D eigenvalue weighted by Crippen LogP contribution is 2.11. The zero-order valence-corrected chi connectivity index (χ0v) is 37.0. The molecule has 0 heterocycles. The maximum atomic E-state index is 12.7. The van der Waals surface area contributed by atoms with E-state index in [1.54, 1.807) is 0 Å². The van der Waals surface area contributed by atoms with E-state index in [1.165, 1.54) is 38.5 Å². The SMILES string of the molecule is CC\C=C/C=C\C=C/C=C\CCCCCC(=O)OC(COC(=O)CC/C=C\C/C=C\CCCCCCCC)COC(=O)CCCCCC/C=C\C/C=C\C/C=C\CC. The smallest absolute Gasteiger partial charge is 0.306 e. The van der Waals surface area contributed by atoms with Crippen LogP contribution in [0.5, 0.6) is 0 Å². The molecule has 58 heavy (non-hydrogen) atoms. The van der Waals surface area contributed by atoms with Gasteiger partial charge in [-0.05, 0) is 89.9 Å². The molecule has 0 aliphatic carbocycles. The fourth-order valence-electron chi connectivity index (χ4n) is 5.69. The number of hydrogen-bond acceptors (Lipinski definition) is 6. The van der Waals surface area contributed by atoms with Crippen molar-refractivity contribution in [1.82, 2.24) is 0 Å². The monoisotopic (exact) mass is 803 g/mol. The Kier molecular flexibility index (Phi) is 42.7. The summed E-state index contributed by atoms with van der Waals surface area (Å²) in [6.45, 7) is 6.23. The third kappa shape index (κ3) is 43.2. The van der Waals surface area contributed by atoms with Crippen LogP contribution in [0.1, 0.15) is 181 Å². The lowest BCUT2D eigenvalue weighted by atomic mass is 10.1. The molecule has 0 saturated carbocycles. The Hall–Kier alpha value is -3.93. The van der Waals surface area contributed by atoms with E-state index in [-0.39, 0.29) is 44.0 Å². The van der Waals surface area contributed by atoms with Crippen LogP contribution in [0.4, 0.5) is 0 Å². The normalized spacial score (nSPS) is 13.1. The van der Waals surface area contributed by atoms with Gasteiger partial charge in [0.05, 0.1) is 0 Å². The van der Waals surface area contributed by atoms with Crippen LogP contribution in [-0.2, 0) is 28.6 Å². The van der Waals surface area contributed by atoms with Crippen LogP contribution in [-0.4, -0.2) is 37.2 Å². The number of carbonyl (C=O) groups excluding carboxylic acids is 3. The van der Waals surface area contributed by atoms with Gasteiger partial charge in [-0.15, -0.1) is 0 Å². The first-order chi connectivity index (χ1) is 28.5. The van der Waals surface area contributed by atoms with Crippen LogP contribution in [0.25, 0.3) is 0 Å². The molecule has 6 heteroatoms. The topological polar surface area (TPSA) is 78.9 Å². The first-order valence-electron chi connectivity index (χ1n) is 22.9. The van der Waals surface area contributed by atoms with Crippen LogP contribution in [0.2, 0.25) is 0 Å². The van der Waals surface area contributed by atoms with Gasteiger partial charge in [0.1, 0.15) is 13.2 Å². The number of carbonyl (C=O) groups is 3. The predicted molar refractivity (Wildman–Crippen MR) is 247 cm³/mol. The van der Waals surface area contributed by atoms with Crippen molar-refractivity contribution in [2.75, 3.05) is 13.2 Å². The summed E-state index contributed by atoms with van der Waals surface area (Å²) in [7, 11) is 0. The summed E-state index contributed by atoms with van der Waals surface area (Å²) in [6, 6.07) is 0. The highest BCUT2D eigenvalue weighted by Gasteiger charge is 2.19. The van der Waals surface area contributed by atoms with Crippen molar-refractivity contribution in [2.24, 2.45) is 0 Å². The van der Waals surface area contributed by atoms with Crippen LogP contribution in [0, 0.1) is 0 Å². The van der Waals surface area contributed by atoms with Crippen molar-refractivity contribution in [3.05, 3.63) is 109 Å². The lowest BCUT2D eigenvalue weighted by Gasteiger charge is -2.18. The molecule has 0 radical (unpaired) electrons. The van der Waals surface area contributed by atoms with Gasteiger partial charge in [-0.25, -0.2) is 0 Å². The summed E-state index contributed by atoms with van der Waals surface area (Å²) in [5.41, 5.74) is 0. The molecule has 0 spiro atoms. The Labute approximate surface area is 355 Å². The Morgan fingerprint density at radius 2 is 0.793 bits per heavy atom. The number of allylic oxidation sites excluding steroid dienone is 18. The van der Waals surface area contributed by atoms with Crippen LogP contribution < -0.4 is 0 Å². The quantitative estimate of drug-likeness (QED) is 0.0202. The van der Waals surface area contributed by atoms with Crippen molar-refractivity contribution in [3.8, 4) is 0 Å². The molecule has 0 aromatic carbocycles. The Bertz CT molecular complexity index is 1240. The number of ether oxygens (including phenoxy) is 3. The van der Waals surface area contributed by atoms with E-state index in [9.17, 15) is 14.4 Å². The molecule has 0 amide bonds. The van der Waals surface area contributed by atoms with E-state index >= 15 is 0 Å². The zero-order valence-electron chi connectivity index (χ0n) is 37.0. The van der Waals surface area contributed by atoms with E-state index in [4.69, 9.17) is 14.2 Å².